The number of benzene rings is 1. The average Bonchev–Trinajstić information content (AvgIpc) is 3.02. The first-order chi connectivity index (χ1) is 11.6. The minimum atomic E-state index is -0.427. The van der Waals surface area contributed by atoms with E-state index >= 15 is 0 Å². The molecule has 24 heavy (non-hydrogen) atoms. The minimum absolute atomic E-state index is 0.0313. The Morgan fingerprint density at radius 2 is 2.04 bits per heavy atom. The Kier molecular flexibility index (Phi) is 4.85. The van der Waals surface area contributed by atoms with Gasteiger partial charge >= 0.3 is 0 Å². The van der Waals surface area contributed by atoms with Crippen LogP contribution in [0, 0.1) is 0 Å². The molecule has 2 heterocycles. The lowest BCUT2D eigenvalue weighted by molar-refractivity contribution is -0.120. The Morgan fingerprint density at radius 3 is 2.75 bits per heavy atom. The van der Waals surface area contributed by atoms with Crippen molar-refractivity contribution in [2.75, 3.05) is 24.7 Å². The highest BCUT2D eigenvalue weighted by Gasteiger charge is 2.37. The Bertz CT molecular complexity index is 751. The van der Waals surface area contributed by atoms with Crippen molar-refractivity contribution < 1.29 is 9.59 Å². The summed E-state index contributed by atoms with van der Waals surface area (Å²) in [5.74, 6) is -0.183. The fraction of sp³-hybridized carbons (Fsp3) is 0.278. The van der Waals surface area contributed by atoms with Gasteiger partial charge in [0.05, 0.1) is 5.03 Å². The molecule has 0 bridgehead atoms. The summed E-state index contributed by atoms with van der Waals surface area (Å²) in [7, 11) is 1.69. The summed E-state index contributed by atoms with van der Waals surface area (Å²) in [4.78, 5) is 32.9. The number of thioether (sulfide) groups is 1. The van der Waals surface area contributed by atoms with E-state index in [1.807, 2.05) is 36.6 Å². The third-order valence-electron chi connectivity index (χ3n) is 4.22. The molecule has 0 saturated carbocycles. The van der Waals surface area contributed by atoms with Crippen LogP contribution in [0.2, 0.25) is 0 Å². The van der Waals surface area contributed by atoms with E-state index in [1.54, 1.807) is 35.2 Å². The molecule has 1 aromatic carbocycles. The molecule has 3 rings (SSSR count). The van der Waals surface area contributed by atoms with Crippen molar-refractivity contribution in [2.24, 2.45) is 0 Å². The van der Waals surface area contributed by atoms with Crippen molar-refractivity contribution in [1.29, 1.82) is 0 Å². The van der Waals surface area contributed by atoms with Crippen LogP contribution in [-0.2, 0) is 4.79 Å². The Labute approximate surface area is 145 Å². The molecule has 1 atom stereocenters. The molecule has 0 radical (unpaired) electrons. The molecule has 1 saturated heterocycles. The first-order valence-corrected chi connectivity index (χ1v) is 8.98. The van der Waals surface area contributed by atoms with Crippen LogP contribution in [0.4, 0.5) is 5.69 Å². The van der Waals surface area contributed by atoms with Crippen molar-refractivity contribution in [3.63, 3.8) is 0 Å². The van der Waals surface area contributed by atoms with Gasteiger partial charge < -0.3 is 9.80 Å². The van der Waals surface area contributed by atoms with Crippen LogP contribution in [0.5, 0.6) is 0 Å². The van der Waals surface area contributed by atoms with Crippen molar-refractivity contribution in [1.82, 2.24) is 9.88 Å². The third kappa shape index (κ3) is 3.14. The van der Waals surface area contributed by atoms with E-state index in [-0.39, 0.29) is 11.8 Å². The molecule has 1 fully saturated rings. The first kappa shape index (κ1) is 16.5. The van der Waals surface area contributed by atoms with Gasteiger partial charge in [-0.25, -0.2) is 4.98 Å². The number of rotatable bonds is 4. The summed E-state index contributed by atoms with van der Waals surface area (Å²) in [5, 5.41) is 0.790. The van der Waals surface area contributed by atoms with Crippen LogP contribution < -0.4 is 4.90 Å². The standard InChI is InChI=1S/C18H19N3O2S/c1-20(17(22)13-8-10-19-16(12-13)24-2)15-9-11-21(18(15)23)14-6-4-3-5-7-14/h3-8,10,12,15H,9,11H2,1-2H3. The van der Waals surface area contributed by atoms with Gasteiger partial charge in [0.1, 0.15) is 6.04 Å². The number of nitrogens with zero attached hydrogens (tertiary/aromatic N) is 3. The fourth-order valence-electron chi connectivity index (χ4n) is 2.89. The highest BCUT2D eigenvalue weighted by atomic mass is 32.2. The van der Waals surface area contributed by atoms with Crippen LogP contribution in [0.1, 0.15) is 16.8 Å². The molecular weight excluding hydrogens is 322 g/mol. The summed E-state index contributed by atoms with van der Waals surface area (Å²) >= 11 is 1.49. The normalized spacial score (nSPS) is 17.2. The zero-order chi connectivity index (χ0) is 17.1. The maximum Gasteiger partial charge on any atom is 0.254 e. The van der Waals surface area contributed by atoms with Crippen LogP contribution >= 0.6 is 11.8 Å². The van der Waals surface area contributed by atoms with Gasteiger partial charge in [-0.1, -0.05) is 18.2 Å². The molecule has 2 amide bonds. The second-order valence-electron chi connectivity index (χ2n) is 5.63. The summed E-state index contributed by atoms with van der Waals surface area (Å²) in [5.41, 5.74) is 1.43. The van der Waals surface area contributed by atoms with Crippen LogP contribution in [0.15, 0.2) is 53.7 Å². The number of pyridine rings is 1. The third-order valence-corrected chi connectivity index (χ3v) is 4.87. The van der Waals surface area contributed by atoms with Gasteiger partial charge in [0.15, 0.2) is 0 Å². The second kappa shape index (κ2) is 7.05. The Balaban J connectivity index is 1.76. The second-order valence-corrected chi connectivity index (χ2v) is 6.46. The largest absolute Gasteiger partial charge is 0.330 e. The number of hydrogen-bond acceptors (Lipinski definition) is 4. The number of carbonyl (C=O) groups excluding carboxylic acids is 2. The lowest BCUT2D eigenvalue weighted by Gasteiger charge is -2.24. The maximum atomic E-state index is 12.7. The molecule has 124 valence electrons. The molecule has 1 aliphatic rings. The van der Waals surface area contributed by atoms with Gasteiger partial charge in [-0.05, 0) is 36.9 Å². The lowest BCUT2D eigenvalue weighted by atomic mass is 10.1. The van der Waals surface area contributed by atoms with Gasteiger partial charge in [0.25, 0.3) is 5.91 Å². The quantitative estimate of drug-likeness (QED) is 0.803. The summed E-state index contributed by atoms with van der Waals surface area (Å²) < 4.78 is 0. The number of hydrogen-bond donors (Lipinski definition) is 0. The van der Waals surface area contributed by atoms with E-state index < -0.39 is 6.04 Å². The van der Waals surface area contributed by atoms with E-state index in [0.29, 0.717) is 18.5 Å². The number of carbonyl (C=O) groups is 2. The predicted molar refractivity (Wildman–Crippen MR) is 95.3 cm³/mol. The van der Waals surface area contributed by atoms with Gasteiger partial charge in [0.2, 0.25) is 5.91 Å². The first-order valence-electron chi connectivity index (χ1n) is 7.75. The predicted octanol–water partition coefficient (Wildman–Crippen LogP) is 2.68. The van der Waals surface area contributed by atoms with Crippen molar-refractivity contribution >= 4 is 29.3 Å². The van der Waals surface area contributed by atoms with Crippen molar-refractivity contribution in [3.05, 3.63) is 54.2 Å². The summed E-state index contributed by atoms with van der Waals surface area (Å²) in [6.45, 7) is 0.623. The molecule has 5 nitrogen and oxygen atoms in total. The number of aromatic nitrogens is 1. The highest BCUT2D eigenvalue weighted by Crippen LogP contribution is 2.24. The van der Waals surface area contributed by atoms with Crippen LogP contribution in [-0.4, -0.2) is 47.6 Å². The van der Waals surface area contributed by atoms with Gasteiger partial charge in [-0.2, -0.15) is 0 Å². The molecule has 1 aliphatic heterocycles. The van der Waals surface area contributed by atoms with Crippen LogP contribution in [0.3, 0.4) is 0 Å². The van der Waals surface area contributed by atoms with E-state index in [2.05, 4.69) is 4.98 Å². The van der Waals surface area contributed by atoms with Crippen molar-refractivity contribution in [3.8, 4) is 0 Å². The zero-order valence-corrected chi connectivity index (χ0v) is 14.5. The maximum absolute atomic E-state index is 12.7. The Hall–Kier alpha value is -2.34. The molecule has 1 aromatic heterocycles. The molecule has 6 heteroatoms. The monoisotopic (exact) mass is 341 g/mol. The van der Waals surface area contributed by atoms with E-state index in [0.717, 1.165) is 10.7 Å². The summed E-state index contributed by atoms with van der Waals surface area (Å²) in [6, 6.07) is 12.6. The fourth-order valence-corrected chi connectivity index (χ4v) is 3.30. The molecule has 1 unspecified atom stereocenters. The Morgan fingerprint density at radius 1 is 1.29 bits per heavy atom. The van der Waals surface area contributed by atoms with E-state index in [1.165, 1.54) is 11.8 Å². The molecule has 0 N–H and O–H groups in total. The number of amides is 2. The summed E-state index contributed by atoms with van der Waals surface area (Å²) in [6.07, 6.45) is 4.18. The molecule has 0 spiro atoms. The molecular formula is C18H19N3O2S. The van der Waals surface area contributed by atoms with Gasteiger partial charge in [-0.3, -0.25) is 9.59 Å². The molecule has 2 aromatic rings. The highest BCUT2D eigenvalue weighted by molar-refractivity contribution is 7.98. The zero-order valence-electron chi connectivity index (χ0n) is 13.7. The van der Waals surface area contributed by atoms with Crippen LogP contribution in [0.25, 0.3) is 0 Å². The smallest absolute Gasteiger partial charge is 0.254 e. The molecule has 0 aliphatic carbocycles. The number of para-hydroxylation sites is 1. The topological polar surface area (TPSA) is 53.5 Å². The SMILES string of the molecule is CSc1cc(C(=O)N(C)C2CCN(c3ccccc3)C2=O)ccn1. The van der Waals surface area contributed by atoms with Crippen molar-refractivity contribution in [2.45, 2.75) is 17.5 Å². The van der Waals surface area contributed by atoms with E-state index in [4.69, 9.17) is 0 Å². The van der Waals surface area contributed by atoms with Gasteiger partial charge in [0, 0.05) is 31.0 Å². The minimum Gasteiger partial charge on any atom is -0.330 e. The van der Waals surface area contributed by atoms with E-state index in [9.17, 15) is 9.59 Å². The average molecular weight is 341 g/mol. The number of anilines is 1. The number of likely N-dealkylation sites (N-methyl/N-ethyl adjacent to an activating group) is 1. The van der Waals surface area contributed by atoms with Gasteiger partial charge in [-0.15, -0.1) is 11.8 Å². The lowest BCUT2D eigenvalue weighted by Crippen LogP contribution is -2.43.